The van der Waals surface area contributed by atoms with Gasteiger partial charge in [0.05, 0.1) is 21.6 Å². The largest absolute Gasteiger partial charge is 0.324 e. The molecule has 0 aliphatic carbocycles. The first-order chi connectivity index (χ1) is 15.7. The third-order valence-electron chi connectivity index (χ3n) is 5.97. The molecule has 2 aliphatic rings. The summed E-state index contributed by atoms with van der Waals surface area (Å²) in [6.45, 7) is 5.40. The van der Waals surface area contributed by atoms with Gasteiger partial charge in [-0.15, -0.1) is 0 Å². The zero-order valence-corrected chi connectivity index (χ0v) is 20.2. The molecular formula is C23H27ClN4O4S. The lowest BCUT2D eigenvalue weighted by Crippen LogP contribution is -2.41. The van der Waals surface area contributed by atoms with Gasteiger partial charge in [0.1, 0.15) is 0 Å². The summed E-state index contributed by atoms with van der Waals surface area (Å²) in [6, 6.07) is 8.87. The summed E-state index contributed by atoms with van der Waals surface area (Å²) in [5.41, 5.74) is 2.90. The number of sulfonamides is 1. The van der Waals surface area contributed by atoms with E-state index in [9.17, 15) is 18.0 Å². The number of hydrogen-bond donors (Lipinski definition) is 2. The molecule has 2 aromatic rings. The van der Waals surface area contributed by atoms with Crippen LogP contribution >= 0.6 is 11.6 Å². The number of urea groups is 1. The molecule has 0 spiro atoms. The number of amides is 3. The van der Waals surface area contributed by atoms with E-state index >= 15 is 0 Å². The molecule has 0 aromatic heterocycles. The van der Waals surface area contributed by atoms with E-state index in [0.29, 0.717) is 23.7 Å². The summed E-state index contributed by atoms with van der Waals surface area (Å²) >= 11 is 6.15. The van der Waals surface area contributed by atoms with Crippen LogP contribution in [0.5, 0.6) is 0 Å². The first kappa shape index (κ1) is 23.5. The Balaban J connectivity index is 1.45. The molecule has 0 radical (unpaired) electrons. The van der Waals surface area contributed by atoms with Gasteiger partial charge in [0, 0.05) is 25.3 Å². The normalized spacial score (nSPS) is 16.6. The average molecular weight is 491 g/mol. The second kappa shape index (κ2) is 9.32. The average Bonchev–Trinajstić information content (AvgIpc) is 3.44. The van der Waals surface area contributed by atoms with Crippen molar-refractivity contribution in [3.8, 4) is 0 Å². The Hall–Kier alpha value is -2.62. The van der Waals surface area contributed by atoms with Crippen LogP contribution in [0.15, 0.2) is 41.3 Å². The van der Waals surface area contributed by atoms with E-state index in [-0.39, 0.29) is 10.9 Å². The van der Waals surface area contributed by atoms with Crippen LogP contribution in [0.2, 0.25) is 5.02 Å². The number of carbonyl (C=O) groups is 2. The fourth-order valence-electron chi connectivity index (χ4n) is 4.14. The Morgan fingerprint density at radius 1 is 1.06 bits per heavy atom. The number of hydrogen-bond acceptors (Lipinski definition) is 4. The maximum absolute atomic E-state index is 12.9. The van der Waals surface area contributed by atoms with Crippen molar-refractivity contribution in [2.75, 3.05) is 29.9 Å². The Morgan fingerprint density at radius 3 is 2.48 bits per heavy atom. The first-order valence-corrected chi connectivity index (χ1v) is 12.8. The second-order valence-corrected chi connectivity index (χ2v) is 10.6. The van der Waals surface area contributed by atoms with E-state index in [1.165, 1.54) is 13.0 Å². The van der Waals surface area contributed by atoms with Gasteiger partial charge in [-0.3, -0.25) is 9.69 Å². The SMILES string of the molecule is Cc1ccc(NC(=O)C(C)NS(=O)(=O)c2ccc3c(c2)CCN3C(=O)N2CCCC2)c(Cl)c1. The van der Waals surface area contributed by atoms with Crippen molar-refractivity contribution in [3.05, 3.63) is 52.5 Å². The number of carbonyl (C=O) groups excluding carboxylic acids is 2. The van der Waals surface area contributed by atoms with Gasteiger partial charge in [0.15, 0.2) is 0 Å². The van der Waals surface area contributed by atoms with E-state index in [1.807, 2.05) is 11.8 Å². The number of aryl methyl sites for hydroxylation is 1. The molecule has 2 heterocycles. The molecule has 2 aliphatic heterocycles. The van der Waals surface area contributed by atoms with Crippen molar-refractivity contribution in [1.82, 2.24) is 9.62 Å². The van der Waals surface area contributed by atoms with Gasteiger partial charge in [-0.25, -0.2) is 13.2 Å². The highest BCUT2D eigenvalue weighted by Crippen LogP contribution is 2.31. The molecule has 4 rings (SSSR count). The summed E-state index contributed by atoms with van der Waals surface area (Å²) in [5.74, 6) is -0.520. The van der Waals surface area contributed by atoms with Gasteiger partial charge in [-0.05, 0) is 74.6 Å². The molecule has 3 amide bonds. The number of likely N-dealkylation sites (tertiary alicyclic amines) is 1. The molecule has 8 nitrogen and oxygen atoms in total. The first-order valence-electron chi connectivity index (χ1n) is 10.9. The predicted molar refractivity (Wildman–Crippen MR) is 128 cm³/mol. The fraction of sp³-hybridized carbons (Fsp3) is 0.391. The lowest BCUT2D eigenvalue weighted by atomic mass is 10.2. The quantitative estimate of drug-likeness (QED) is 0.669. The predicted octanol–water partition coefficient (Wildman–Crippen LogP) is 3.53. The van der Waals surface area contributed by atoms with Crippen LogP contribution in [0.4, 0.5) is 16.2 Å². The molecule has 176 valence electrons. The Kier molecular flexibility index (Phi) is 6.65. The minimum atomic E-state index is -3.95. The summed E-state index contributed by atoms with van der Waals surface area (Å²) in [7, 11) is -3.95. The Labute approximate surface area is 198 Å². The van der Waals surface area contributed by atoms with E-state index in [0.717, 1.165) is 42.7 Å². The van der Waals surface area contributed by atoms with E-state index in [1.54, 1.807) is 35.2 Å². The van der Waals surface area contributed by atoms with Gasteiger partial charge in [-0.2, -0.15) is 4.72 Å². The summed E-state index contributed by atoms with van der Waals surface area (Å²) in [5, 5.41) is 3.03. The van der Waals surface area contributed by atoms with E-state index in [4.69, 9.17) is 11.6 Å². The van der Waals surface area contributed by atoms with Crippen molar-refractivity contribution >= 4 is 44.9 Å². The molecule has 0 saturated carbocycles. The Bertz CT molecular complexity index is 1190. The van der Waals surface area contributed by atoms with Crippen LogP contribution in [0.1, 0.15) is 30.9 Å². The maximum atomic E-state index is 12.9. The van der Waals surface area contributed by atoms with Crippen molar-refractivity contribution < 1.29 is 18.0 Å². The van der Waals surface area contributed by atoms with Crippen LogP contribution in [-0.4, -0.2) is 50.9 Å². The minimum Gasteiger partial charge on any atom is -0.324 e. The highest BCUT2D eigenvalue weighted by Gasteiger charge is 2.31. The topological polar surface area (TPSA) is 98.8 Å². The van der Waals surface area contributed by atoms with Crippen molar-refractivity contribution in [2.24, 2.45) is 0 Å². The summed E-state index contributed by atoms with van der Waals surface area (Å²) in [6.07, 6.45) is 2.61. The number of benzene rings is 2. The number of nitrogens with zero attached hydrogens (tertiary/aromatic N) is 2. The zero-order valence-electron chi connectivity index (χ0n) is 18.6. The van der Waals surface area contributed by atoms with Crippen LogP contribution in [0, 0.1) is 6.92 Å². The highest BCUT2D eigenvalue weighted by molar-refractivity contribution is 7.89. The third-order valence-corrected chi connectivity index (χ3v) is 7.82. The number of nitrogens with one attached hydrogen (secondary N) is 2. The number of fused-ring (bicyclic) bond motifs is 1. The molecule has 2 N–H and O–H groups in total. The monoisotopic (exact) mass is 490 g/mol. The molecular weight excluding hydrogens is 464 g/mol. The lowest BCUT2D eigenvalue weighted by molar-refractivity contribution is -0.117. The van der Waals surface area contributed by atoms with Crippen molar-refractivity contribution in [3.63, 3.8) is 0 Å². The number of rotatable bonds is 5. The molecule has 33 heavy (non-hydrogen) atoms. The van der Waals surface area contributed by atoms with Gasteiger partial charge >= 0.3 is 6.03 Å². The van der Waals surface area contributed by atoms with Crippen molar-refractivity contribution in [2.45, 2.75) is 44.0 Å². The molecule has 1 atom stereocenters. The van der Waals surface area contributed by atoms with Gasteiger partial charge in [0.25, 0.3) is 0 Å². The molecule has 1 saturated heterocycles. The zero-order chi connectivity index (χ0) is 23.8. The van der Waals surface area contributed by atoms with Gasteiger partial charge in [-0.1, -0.05) is 17.7 Å². The minimum absolute atomic E-state index is 0.0277. The summed E-state index contributed by atoms with van der Waals surface area (Å²) in [4.78, 5) is 28.9. The van der Waals surface area contributed by atoms with Crippen LogP contribution < -0.4 is 14.9 Å². The maximum Gasteiger partial charge on any atom is 0.324 e. The Morgan fingerprint density at radius 2 is 1.79 bits per heavy atom. The van der Waals surface area contributed by atoms with Crippen molar-refractivity contribution in [1.29, 1.82) is 0 Å². The van der Waals surface area contributed by atoms with Gasteiger partial charge < -0.3 is 10.2 Å². The van der Waals surface area contributed by atoms with Crippen LogP contribution in [0.25, 0.3) is 0 Å². The molecule has 1 fully saturated rings. The number of halogens is 1. The molecule has 10 heteroatoms. The molecule has 2 aromatic carbocycles. The highest BCUT2D eigenvalue weighted by atomic mass is 35.5. The smallest absolute Gasteiger partial charge is 0.324 e. The van der Waals surface area contributed by atoms with Crippen LogP contribution in [-0.2, 0) is 21.2 Å². The lowest BCUT2D eigenvalue weighted by Gasteiger charge is -2.24. The second-order valence-electron chi connectivity index (χ2n) is 8.48. The van der Waals surface area contributed by atoms with E-state index in [2.05, 4.69) is 10.0 Å². The fourth-order valence-corrected chi connectivity index (χ4v) is 5.68. The third kappa shape index (κ3) is 5.00. The van der Waals surface area contributed by atoms with Gasteiger partial charge in [0.2, 0.25) is 15.9 Å². The number of anilines is 2. The molecule has 0 bridgehead atoms. The van der Waals surface area contributed by atoms with Crippen LogP contribution in [0.3, 0.4) is 0 Å². The summed E-state index contributed by atoms with van der Waals surface area (Å²) < 4.78 is 28.3. The van der Waals surface area contributed by atoms with E-state index < -0.39 is 22.0 Å². The standard InChI is InChI=1S/C23H27ClN4O4S/c1-15-5-7-20(19(24)13-15)25-22(29)16(2)26-33(31,32)18-6-8-21-17(14-18)9-12-28(21)23(30)27-10-3-4-11-27/h5-8,13-14,16,26H,3-4,9-12H2,1-2H3,(H,25,29). The molecule has 1 unspecified atom stereocenters.